The highest BCUT2D eigenvalue weighted by Crippen LogP contribution is 2.22. The molecular weight excluding hydrogens is 295 g/mol. The molecule has 0 aliphatic rings. The van der Waals surface area contributed by atoms with Gasteiger partial charge in [-0.25, -0.2) is 4.98 Å². The third kappa shape index (κ3) is 2.05. The summed E-state index contributed by atoms with van der Waals surface area (Å²) < 4.78 is 0.959. The first-order valence-corrected chi connectivity index (χ1v) is 6.22. The minimum absolute atomic E-state index is 0.959. The number of nitrogens with zero attached hydrogens (tertiary/aromatic N) is 2. The topological polar surface area (TPSA) is 25.8 Å². The summed E-state index contributed by atoms with van der Waals surface area (Å²) >= 11 is 3.96. The number of pyridine rings is 1. The largest absolute Gasteiger partial charge is 0.254 e. The molecule has 0 unspecified atom stereocenters. The second-order valence-corrected chi connectivity index (χ2v) is 4.11. The zero-order valence-corrected chi connectivity index (χ0v) is 9.75. The van der Waals surface area contributed by atoms with Crippen LogP contribution >= 0.6 is 33.9 Å². The van der Waals surface area contributed by atoms with Crippen LogP contribution < -0.4 is 0 Å². The number of thiazole rings is 1. The lowest BCUT2D eigenvalue weighted by molar-refractivity contribution is 1.23. The van der Waals surface area contributed by atoms with Crippen molar-refractivity contribution in [2.75, 3.05) is 0 Å². The van der Waals surface area contributed by atoms with Crippen molar-refractivity contribution in [3.05, 3.63) is 35.5 Å². The predicted molar refractivity (Wildman–Crippen MR) is 63.1 cm³/mol. The third-order valence-corrected chi connectivity index (χ3v) is 3.27. The third-order valence-electron chi connectivity index (χ3n) is 1.57. The van der Waals surface area contributed by atoms with Gasteiger partial charge in [-0.05, 0) is 12.1 Å². The Morgan fingerprint density at radius 2 is 2.31 bits per heavy atom. The SMILES string of the molecule is ICc1csc(-c2ccccn2)n1. The van der Waals surface area contributed by atoms with Crippen LogP contribution in [-0.4, -0.2) is 9.97 Å². The molecule has 13 heavy (non-hydrogen) atoms. The summed E-state index contributed by atoms with van der Waals surface area (Å²) in [5.74, 6) is 0. The van der Waals surface area contributed by atoms with Gasteiger partial charge in [0.2, 0.25) is 0 Å². The van der Waals surface area contributed by atoms with Gasteiger partial charge in [-0.3, -0.25) is 4.98 Å². The molecule has 0 aliphatic heterocycles. The highest BCUT2D eigenvalue weighted by Gasteiger charge is 2.03. The molecule has 0 saturated carbocycles. The Kier molecular flexibility index (Phi) is 2.90. The maximum atomic E-state index is 4.45. The van der Waals surface area contributed by atoms with Gasteiger partial charge >= 0.3 is 0 Å². The molecule has 2 heterocycles. The van der Waals surface area contributed by atoms with Crippen LogP contribution in [0.1, 0.15) is 5.69 Å². The van der Waals surface area contributed by atoms with E-state index in [1.165, 1.54) is 0 Å². The summed E-state index contributed by atoms with van der Waals surface area (Å²) in [4.78, 5) is 8.69. The van der Waals surface area contributed by atoms with Gasteiger partial charge in [0.15, 0.2) is 0 Å². The normalized spacial score (nSPS) is 10.2. The molecule has 66 valence electrons. The van der Waals surface area contributed by atoms with Crippen molar-refractivity contribution in [3.63, 3.8) is 0 Å². The first-order chi connectivity index (χ1) is 6.40. The van der Waals surface area contributed by atoms with Crippen molar-refractivity contribution < 1.29 is 0 Å². The van der Waals surface area contributed by atoms with Gasteiger partial charge in [0.05, 0.1) is 11.4 Å². The molecule has 2 rings (SSSR count). The molecule has 0 saturated heterocycles. The second-order valence-electron chi connectivity index (χ2n) is 2.49. The number of halogens is 1. The molecule has 0 N–H and O–H groups in total. The summed E-state index contributed by atoms with van der Waals surface area (Å²) in [5.41, 5.74) is 2.09. The van der Waals surface area contributed by atoms with E-state index in [2.05, 4.69) is 37.9 Å². The Bertz CT molecular complexity index is 386. The van der Waals surface area contributed by atoms with Crippen molar-refractivity contribution in [1.29, 1.82) is 0 Å². The van der Waals surface area contributed by atoms with E-state index in [-0.39, 0.29) is 0 Å². The summed E-state index contributed by atoms with van der Waals surface area (Å²) in [5, 5.41) is 3.09. The van der Waals surface area contributed by atoms with Crippen molar-refractivity contribution in [1.82, 2.24) is 9.97 Å². The summed E-state index contributed by atoms with van der Waals surface area (Å²) in [6.07, 6.45) is 1.79. The van der Waals surface area contributed by atoms with Gasteiger partial charge < -0.3 is 0 Å². The zero-order valence-electron chi connectivity index (χ0n) is 6.77. The van der Waals surface area contributed by atoms with Crippen LogP contribution in [0.5, 0.6) is 0 Å². The number of rotatable bonds is 2. The van der Waals surface area contributed by atoms with Crippen molar-refractivity contribution >= 4 is 33.9 Å². The number of hydrogen-bond donors (Lipinski definition) is 0. The quantitative estimate of drug-likeness (QED) is 0.629. The van der Waals surface area contributed by atoms with E-state index in [0.717, 1.165) is 20.8 Å². The van der Waals surface area contributed by atoms with Gasteiger partial charge in [0.25, 0.3) is 0 Å². The average molecular weight is 302 g/mol. The fraction of sp³-hybridized carbons (Fsp3) is 0.111. The molecule has 0 radical (unpaired) electrons. The van der Waals surface area contributed by atoms with Crippen molar-refractivity contribution in [3.8, 4) is 10.7 Å². The second kappa shape index (κ2) is 4.15. The van der Waals surface area contributed by atoms with Gasteiger partial charge in [-0.2, -0.15) is 0 Å². The first kappa shape index (κ1) is 9.08. The molecule has 0 spiro atoms. The van der Waals surface area contributed by atoms with Crippen LogP contribution in [0.3, 0.4) is 0 Å². The first-order valence-electron chi connectivity index (χ1n) is 3.82. The lowest BCUT2D eigenvalue weighted by atomic mass is 10.4. The monoisotopic (exact) mass is 302 g/mol. The molecule has 2 nitrogen and oxygen atoms in total. The highest BCUT2D eigenvalue weighted by molar-refractivity contribution is 14.1. The van der Waals surface area contributed by atoms with Gasteiger partial charge in [0, 0.05) is 16.0 Å². The average Bonchev–Trinajstić information content (AvgIpc) is 2.67. The zero-order chi connectivity index (χ0) is 9.10. The van der Waals surface area contributed by atoms with E-state index in [1.807, 2.05) is 18.2 Å². The molecule has 0 bridgehead atoms. The number of hydrogen-bond acceptors (Lipinski definition) is 3. The Hall–Kier alpha value is -0.490. The maximum Gasteiger partial charge on any atom is 0.142 e. The molecule has 0 amide bonds. The van der Waals surface area contributed by atoms with E-state index in [9.17, 15) is 0 Å². The summed E-state index contributed by atoms with van der Waals surface area (Å²) in [7, 11) is 0. The van der Waals surface area contributed by atoms with Crippen LogP contribution in [0, 0.1) is 0 Å². The molecule has 4 heteroatoms. The molecule has 0 atom stereocenters. The maximum absolute atomic E-state index is 4.45. The Balaban J connectivity index is 2.36. The number of alkyl halides is 1. The van der Waals surface area contributed by atoms with E-state index in [4.69, 9.17) is 0 Å². The van der Waals surface area contributed by atoms with Gasteiger partial charge in [-0.15, -0.1) is 11.3 Å². The smallest absolute Gasteiger partial charge is 0.142 e. The van der Waals surface area contributed by atoms with Gasteiger partial charge in [0.1, 0.15) is 5.01 Å². The van der Waals surface area contributed by atoms with E-state index >= 15 is 0 Å². The molecule has 2 aromatic rings. The molecule has 0 fully saturated rings. The molecule has 2 aromatic heterocycles. The fourth-order valence-electron chi connectivity index (χ4n) is 0.975. The lowest BCUT2D eigenvalue weighted by Gasteiger charge is -1.91. The van der Waals surface area contributed by atoms with Crippen molar-refractivity contribution in [2.24, 2.45) is 0 Å². The summed E-state index contributed by atoms with van der Waals surface area (Å²) in [6.45, 7) is 0. The van der Waals surface area contributed by atoms with E-state index in [1.54, 1.807) is 17.5 Å². The standard InChI is InChI=1S/C9H7IN2S/c10-5-7-6-13-9(12-7)8-3-1-2-4-11-8/h1-4,6H,5H2. The molecular formula is C9H7IN2S. The fourth-order valence-corrected chi connectivity index (χ4v) is 2.46. The van der Waals surface area contributed by atoms with E-state index < -0.39 is 0 Å². The minimum Gasteiger partial charge on any atom is -0.254 e. The highest BCUT2D eigenvalue weighted by atomic mass is 127. The molecule has 0 aromatic carbocycles. The van der Waals surface area contributed by atoms with Crippen molar-refractivity contribution in [2.45, 2.75) is 4.43 Å². The summed E-state index contributed by atoms with van der Waals surface area (Å²) in [6, 6.07) is 5.87. The Labute approximate surface area is 94.2 Å². The minimum atomic E-state index is 0.959. The van der Waals surface area contributed by atoms with Crippen LogP contribution in [0.2, 0.25) is 0 Å². The Morgan fingerprint density at radius 1 is 1.38 bits per heavy atom. The van der Waals surface area contributed by atoms with Gasteiger partial charge in [-0.1, -0.05) is 28.7 Å². The van der Waals surface area contributed by atoms with Crippen LogP contribution in [0.25, 0.3) is 10.7 Å². The van der Waals surface area contributed by atoms with Crippen LogP contribution in [0.15, 0.2) is 29.8 Å². The number of aromatic nitrogens is 2. The Morgan fingerprint density at radius 3 is 2.92 bits per heavy atom. The lowest BCUT2D eigenvalue weighted by Crippen LogP contribution is -1.81. The molecule has 0 aliphatic carbocycles. The van der Waals surface area contributed by atoms with Crippen LogP contribution in [0.4, 0.5) is 0 Å². The predicted octanol–water partition coefficient (Wildman–Crippen LogP) is 3.14. The van der Waals surface area contributed by atoms with Crippen LogP contribution in [-0.2, 0) is 4.43 Å². The van der Waals surface area contributed by atoms with E-state index in [0.29, 0.717) is 0 Å².